The molecular formula is C17H14O2. The van der Waals surface area contributed by atoms with Crippen LogP contribution in [0.25, 0.3) is 22.1 Å². The van der Waals surface area contributed by atoms with Crippen molar-refractivity contribution in [2.45, 2.75) is 13.8 Å². The maximum atomic E-state index is 12.5. The highest BCUT2D eigenvalue weighted by molar-refractivity contribution is 5.84. The zero-order chi connectivity index (χ0) is 13.4. The van der Waals surface area contributed by atoms with Gasteiger partial charge in [0.25, 0.3) is 0 Å². The summed E-state index contributed by atoms with van der Waals surface area (Å²) in [6, 6.07) is 13.4. The number of aryl methyl sites for hydroxylation is 2. The van der Waals surface area contributed by atoms with Crippen molar-refractivity contribution in [3.63, 3.8) is 0 Å². The first-order valence-corrected chi connectivity index (χ1v) is 6.25. The molecule has 94 valence electrons. The van der Waals surface area contributed by atoms with Gasteiger partial charge in [0, 0.05) is 0 Å². The lowest BCUT2D eigenvalue weighted by Gasteiger charge is -2.06. The normalized spacial score (nSPS) is 10.8. The predicted molar refractivity (Wildman–Crippen MR) is 77.4 cm³/mol. The van der Waals surface area contributed by atoms with E-state index in [0.717, 1.165) is 16.7 Å². The lowest BCUT2D eigenvalue weighted by atomic mass is 10.0. The highest BCUT2D eigenvalue weighted by Gasteiger charge is 2.11. The van der Waals surface area contributed by atoms with E-state index in [0.29, 0.717) is 16.5 Å². The first-order chi connectivity index (χ1) is 9.18. The standard InChI is InChI=1S/C17H14O2/c1-11-8-9-14-16(18)15(10-19-17(14)12(11)2)13-6-4-3-5-7-13/h3-10H,1-2H3. The number of rotatable bonds is 1. The summed E-state index contributed by atoms with van der Waals surface area (Å²) < 4.78 is 5.69. The summed E-state index contributed by atoms with van der Waals surface area (Å²) in [5, 5.41) is 0.643. The first kappa shape index (κ1) is 11.7. The summed E-state index contributed by atoms with van der Waals surface area (Å²) in [6.07, 6.45) is 1.56. The Morgan fingerprint density at radius 2 is 1.68 bits per heavy atom. The van der Waals surface area contributed by atoms with Crippen molar-refractivity contribution in [3.8, 4) is 11.1 Å². The van der Waals surface area contributed by atoms with Gasteiger partial charge in [-0.1, -0.05) is 36.4 Å². The van der Waals surface area contributed by atoms with Crippen molar-refractivity contribution in [1.82, 2.24) is 0 Å². The number of hydrogen-bond donors (Lipinski definition) is 0. The minimum absolute atomic E-state index is 0.0237. The molecule has 0 saturated heterocycles. The van der Waals surface area contributed by atoms with E-state index in [1.165, 1.54) is 0 Å². The van der Waals surface area contributed by atoms with Crippen LogP contribution in [0, 0.1) is 13.8 Å². The molecule has 0 aliphatic carbocycles. The van der Waals surface area contributed by atoms with Crippen LogP contribution in [0.1, 0.15) is 11.1 Å². The Kier molecular flexibility index (Phi) is 2.71. The molecule has 3 aromatic rings. The van der Waals surface area contributed by atoms with Gasteiger partial charge in [-0.15, -0.1) is 0 Å². The quantitative estimate of drug-likeness (QED) is 0.651. The molecule has 0 aliphatic heterocycles. The van der Waals surface area contributed by atoms with Crippen molar-refractivity contribution in [2.75, 3.05) is 0 Å². The second kappa shape index (κ2) is 4.39. The fourth-order valence-electron chi connectivity index (χ4n) is 2.25. The van der Waals surface area contributed by atoms with E-state index >= 15 is 0 Å². The van der Waals surface area contributed by atoms with E-state index in [1.54, 1.807) is 6.26 Å². The molecule has 0 saturated carbocycles. The van der Waals surface area contributed by atoms with Gasteiger partial charge in [0.05, 0.1) is 10.9 Å². The van der Waals surface area contributed by atoms with Gasteiger partial charge < -0.3 is 4.42 Å². The summed E-state index contributed by atoms with van der Waals surface area (Å²) in [5.41, 5.74) is 4.35. The predicted octanol–water partition coefficient (Wildman–Crippen LogP) is 4.08. The van der Waals surface area contributed by atoms with Crippen molar-refractivity contribution >= 4 is 11.0 Å². The zero-order valence-electron chi connectivity index (χ0n) is 10.9. The maximum Gasteiger partial charge on any atom is 0.200 e. The molecule has 2 nitrogen and oxygen atoms in total. The van der Waals surface area contributed by atoms with E-state index in [2.05, 4.69) is 0 Å². The van der Waals surface area contributed by atoms with Crippen LogP contribution in [-0.4, -0.2) is 0 Å². The Hall–Kier alpha value is -2.35. The van der Waals surface area contributed by atoms with Crippen LogP contribution in [0.4, 0.5) is 0 Å². The van der Waals surface area contributed by atoms with Gasteiger partial charge >= 0.3 is 0 Å². The van der Waals surface area contributed by atoms with Gasteiger partial charge in [0.15, 0.2) is 5.43 Å². The second-order valence-corrected chi connectivity index (χ2v) is 4.73. The van der Waals surface area contributed by atoms with Crippen LogP contribution in [-0.2, 0) is 0 Å². The lowest BCUT2D eigenvalue weighted by Crippen LogP contribution is -2.05. The summed E-state index contributed by atoms with van der Waals surface area (Å²) in [7, 11) is 0. The Morgan fingerprint density at radius 3 is 2.42 bits per heavy atom. The summed E-state index contributed by atoms with van der Waals surface area (Å²) in [4.78, 5) is 12.5. The molecule has 0 aliphatic rings. The van der Waals surface area contributed by atoms with Gasteiger partial charge in [-0.3, -0.25) is 4.79 Å². The fourth-order valence-corrected chi connectivity index (χ4v) is 2.25. The Labute approximate surface area is 111 Å². The summed E-state index contributed by atoms with van der Waals surface area (Å²) in [6.45, 7) is 3.99. The van der Waals surface area contributed by atoms with Crippen LogP contribution >= 0.6 is 0 Å². The highest BCUT2D eigenvalue weighted by Crippen LogP contribution is 2.23. The molecule has 0 amide bonds. The minimum atomic E-state index is 0.0237. The maximum absolute atomic E-state index is 12.5. The topological polar surface area (TPSA) is 30.2 Å². The summed E-state index contributed by atoms with van der Waals surface area (Å²) in [5.74, 6) is 0. The third-order valence-electron chi connectivity index (χ3n) is 3.55. The molecule has 0 atom stereocenters. The van der Waals surface area contributed by atoms with E-state index in [4.69, 9.17) is 4.42 Å². The smallest absolute Gasteiger partial charge is 0.200 e. The van der Waals surface area contributed by atoms with Crippen LogP contribution in [0.3, 0.4) is 0 Å². The van der Waals surface area contributed by atoms with Crippen molar-refractivity contribution in [3.05, 3.63) is 70.1 Å². The van der Waals surface area contributed by atoms with Crippen LogP contribution < -0.4 is 5.43 Å². The Morgan fingerprint density at radius 1 is 0.947 bits per heavy atom. The molecule has 2 aromatic carbocycles. The van der Waals surface area contributed by atoms with Gasteiger partial charge in [-0.05, 0) is 36.6 Å². The molecule has 0 radical (unpaired) electrons. The number of hydrogen-bond acceptors (Lipinski definition) is 2. The van der Waals surface area contributed by atoms with E-state index in [9.17, 15) is 4.79 Å². The Bertz CT molecular complexity index is 799. The number of fused-ring (bicyclic) bond motifs is 1. The molecule has 0 unspecified atom stereocenters. The third kappa shape index (κ3) is 1.85. The van der Waals surface area contributed by atoms with Crippen LogP contribution in [0.15, 0.2) is 57.9 Å². The van der Waals surface area contributed by atoms with Gasteiger partial charge in [0.2, 0.25) is 0 Å². The number of benzene rings is 2. The van der Waals surface area contributed by atoms with E-state index < -0.39 is 0 Å². The lowest BCUT2D eigenvalue weighted by molar-refractivity contribution is 0.601. The third-order valence-corrected chi connectivity index (χ3v) is 3.55. The molecule has 0 bridgehead atoms. The monoisotopic (exact) mass is 250 g/mol. The average molecular weight is 250 g/mol. The molecular weight excluding hydrogens is 236 g/mol. The van der Waals surface area contributed by atoms with Crippen molar-refractivity contribution < 1.29 is 4.42 Å². The molecule has 0 N–H and O–H groups in total. The molecule has 3 rings (SSSR count). The van der Waals surface area contributed by atoms with Crippen LogP contribution in [0.5, 0.6) is 0 Å². The van der Waals surface area contributed by atoms with Gasteiger partial charge in [-0.25, -0.2) is 0 Å². The summed E-state index contributed by atoms with van der Waals surface area (Å²) >= 11 is 0. The van der Waals surface area contributed by atoms with Crippen molar-refractivity contribution in [1.29, 1.82) is 0 Å². The van der Waals surface area contributed by atoms with Crippen LogP contribution in [0.2, 0.25) is 0 Å². The second-order valence-electron chi connectivity index (χ2n) is 4.73. The fraction of sp³-hybridized carbons (Fsp3) is 0.118. The minimum Gasteiger partial charge on any atom is -0.463 e. The highest BCUT2D eigenvalue weighted by atomic mass is 16.3. The van der Waals surface area contributed by atoms with Gasteiger partial charge in [-0.2, -0.15) is 0 Å². The van der Waals surface area contributed by atoms with E-state index in [-0.39, 0.29) is 5.43 Å². The molecule has 19 heavy (non-hydrogen) atoms. The Balaban J connectivity index is 2.35. The molecule has 1 heterocycles. The van der Waals surface area contributed by atoms with Crippen molar-refractivity contribution in [2.24, 2.45) is 0 Å². The molecule has 0 fully saturated rings. The van der Waals surface area contributed by atoms with E-state index in [1.807, 2.05) is 56.3 Å². The average Bonchev–Trinajstić information content (AvgIpc) is 2.44. The largest absolute Gasteiger partial charge is 0.463 e. The van der Waals surface area contributed by atoms with Gasteiger partial charge in [0.1, 0.15) is 11.8 Å². The SMILES string of the molecule is Cc1ccc2c(=O)c(-c3ccccc3)coc2c1C. The first-order valence-electron chi connectivity index (χ1n) is 6.25. The molecule has 1 aromatic heterocycles. The zero-order valence-corrected chi connectivity index (χ0v) is 10.9. The molecule has 2 heteroatoms. The molecule has 0 spiro atoms.